The quantitative estimate of drug-likeness (QED) is 0.504. The van der Waals surface area contributed by atoms with Crippen LogP contribution < -0.4 is 5.32 Å². The normalized spacial score (nSPS) is 13.2. The van der Waals surface area contributed by atoms with E-state index in [1.165, 1.54) is 6.92 Å². The van der Waals surface area contributed by atoms with E-state index >= 15 is 0 Å². The Kier molecular flexibility index (Phi) is 4.72. The second kappa shape index (κ2) is 5.72. The summed E-state index contributed by atoms with van der Waals surface area (Å²) in [6.07, 6.45) is -5.54. The van der Waals surface area contributed by atoms with Crippen molar-refractivity contribution in [2.75, 3.05) is 5.32 Å². The molecule has 0 radical (unpaired) electrons. The molecule has 1 aromatic carbocycles. The molecule has 0 heterocycles. The minimum Gasteiger partial charge on any atom is -0.377 e. The summed E-state index contributed by atoms with van der Waals surface area (Å²) in [6.45, 7) is 1.23. The van der Waals surface area contributed by atoms with Gasteiger partial charge in [0.2, 0.25) is 0 Å². The molecule has 0 bridgehead atoms. The van der Waals surface area contributed by atoms with Gasteiger partial charge in [0.05, 0.1) is 21.9 Å². The second-order valence-electron chi connectivity index (χ2n) is 3.91. The molecule has 0 aliphatic rings. The van der Waals surface area contributed by atoms with E-state index in [0.29, 0.717) is 6.07 Å². The van der Waals surface area contributed by atoms with Crippen molar-refractivity contribution in [3.05, 3.63) is 32.5 Å². The van der Waals surface area contributed by atoms with Crippen molar-refractivity contribution < 1.29 is 22.5 Å². The average molecular weight is 345 g/mol. The van der Waals surface area contributed by atoms with Crippen LogP contribution in [0.5, 0.6) is 0 Å². The lowest BCUT2D eigenvalue weighted by Gasteiger charge is -2.17. The largest absolute Gasteiger partial charge is 0.391 e. The fourth-order valence-corrected chi connectivity index (χ4v) is 1.81. The number of hydrogen-bond donors (Lipinski definition) is 1. The number of nitrogens with zero attached hydrogens (tertiary/aromatic N) is 1. The van der Waals surface area contributed by atoms with E-state index in [1.807, 2.05) is 0 Å². The highest BCUT2D eigenvalue weighted by atomic mass is 79.9. The predicted molar refractivity (Wildman–Crippen MR) is 64.5 cm³/mol. The zero-order valence-corrected chi connectivity index (χ0v) is 11.2. The van der Waals surface area contributed by atoms with Crippen LogP contribution in [0.25, 0.3) is 0 Å². The Morgan fingerprint density at radius 2 is 2.05 bits per heavy atom. The zero-order chi connectivity index (χ0) is 14.8. The molecule has 1 atom stereocenters. The van der Waals surface area contributed by atoms with Crippen molar-refractivity contribution in [1.82, 2.24) is 0 Å². The van der Waals surface area contributed by atoms with Crippen LogP contribution in [0.2, 0.25) is 0 Å². The fraction of sp³-hybridized carbons (Fsp3) is 0.400. The van der Waals surface area contributed by atoms with Crippen LogP contribution in [0, 0.1) is 15.9 Å². The average Bonchev–Trinajstić information content (AvgIpc) is 2.19. The summed E-state index contributed by atoms with van der Waals surface area (Å²) >= 11 is 2.82. The molecule has 0 spiro atoms. The van der Waals surface area contributed by atoms with Gasteiger partial charge in [-0.3, -0.25) is 10.1 Å². The van der Waals surface area contributed by atoms with Crippen LogP contribution in [-0.2, 0) is 0 Å². The topological polar surface area (TPSA) is 55.2 Å². The first-order valence-corrected chi connectivity index (χ1v) is 5.86. The zero-order valence-electron chi connectivity index (χ0n) is 9.59. The maximum atomic E-state index is 13.2. The summed E-state index contributed by atoms with van der Waals surface area (Å²) in [6, 6.07) is 0.614. The molecule has 0 saturated heterocycles. The highest BCUT2D eigenvalue weighted by Crippen LogP contribution is 2.32. The van der Waals surface area contributed by atoms with Crippen LogP contribution >= 0.6 is 15.9 Å². The minimum atomic E-state index is -4.39. The molecule has 0 fully saturated rings. The number of alkyl halides is 3. The van der Waals surface area contributed by atoms with Crippen molar-refractivity contribution >= 4 is 27.3 Å². The van der Waals surface area contributed by atoms with E-state index < -0.39 is 35.1 Å². The first-order valence-electron chi connectivity index (χ1n) is 5.07. The third-order valence-electron chi connectivity index (χ3n) is 2.17. The van der Waals surface area contributed by atoms with Crippen LogP contribution in [0.1, 0.15) is 13.3 Å². The van der Waals surface area contributed by atoms with Gasteiger partial charge in [0.15, 0.2) is 0 Å². The lowest BCUT2D eigenvalue weighted by Crippen LogP contribution is -2.24. The number of rotatable bonds is 4. The van der Waals surface area contributed by atoms with Crippen molar-refractivity contribution in [1.29, 1.82) is 0 Å². The third kappa shape index (κ3) is 4.66. The summed E-state index contributed by atoms with van der Waals surface area (Å²) in [4.78, 5) is 9.85. The molecule has 9 heteroatoms. The summed E-state index contributed by atoms with van der Waals surface area (Å²) in [5.74, 6) is -0.860. The molecule has 0 saturated carbocycles. The van der Waals surface area contributed by atoms with Crippen LogP contribution in [0.4, 0.5) is 28.9 Å². The maximum Gasteiger partial charge on any atom is 0.391 e. The number of halogens is 5. The molecule has 106 valence electrons. The van der Waals surface area contributed by atoms with Crippen molar-refractivity contribution in [3.8, 4) is 0 Å². The molecule has 1 N–H and O–H groups in total. The van der Waals surface area contributed by atoms with Crippen molar-refractivity contribution in [2.45, 2.75) is 25.6 Å². The summed E-state index contributed by atoms with van der Waals surface area (Å²) in [5.41, 5.74) is -0.787. The molecule has 1 aromatic rings. The molecule has 0 aliphatic heterocycles. The van der Waals surface area contributed by atoms with E-state index in [9.17, 15) is 27.7 Å². The lowest BCUT2D eigenvalue weighted by atomic mass is 10.2. The summed E-state index contributed by atoms with van der Waals surface area (Å²) < 4.78 is 49.6. The fourth-order valence-electron chi connectivity index (χ4n) is 1.47. The van der Waals surface area contributed by atoms with Gasteiger partial charge in [-0.2, -0.15) is 13.2 Å². The van der Waals surface area contributed by atoms with Gasteiger partial charge in [0.25, 0.3) is 5.69 Å². The highest BCUT2D eigenvalue weighted by molar-refractivity contribution is 9.10. The Morgan fingerprint density at radius 1 is 1.47 bits per heavy atom. The Morgan fingerprint density at radius 3 is 2.53 bits per heavy atom. The molecule has 1 rings (SSSR count). The molecule has 0 aromatic heterocycles. The number of hydrogen-bond acceptors (Lipinski definition) is 3. The van der Waals surface area contributed by atoms with Gasteiger partial charge in [0.1, 0.15) is 11.5 Å². The van der Waals surface area contributed by atoms with Gasteiger partial charge in [-0.05, 0) is 28.9 Å². The second-order valence-corrected chi connectivity index (χ2v) is 4.76. The molecular weight excluding hydrogens is 336 g/mol. The van der Waals surface area contributed by atoms with E-state index in [0.717, 1.165) is 6.07 Å². The number of anilines is 1. The van der Waals surface area contributed by atoms with Gasteiger partial charge in [-0.1, -0.05) is 0 Å². The number of nitro benzene ring substituents is 1. The van der Waals surface area contributed by atoms with E-state index in [4.69, 9.17) is 0 Å². The molecule has 0 aliphatic carbocycles. The molecule has 1 unspecified atom stereocenters. The number of nitro groups is 1. The van der Waals surface area contributed by atoms with Crippen LogP contribution in [-0.4, -0.2) is 17.1 Å². The minimum absolute atomic E-state index is 0.0696. The van der Waals surface area contributed by atoms with Gasteiger partial charge in [0, 0.05) is 6.04 Å². The lowest BCUT2D eigenvalue weighted by molar-refractivity contribution is -0.384. The standard InChI is InChI=1S/C10H9BrF4N2O2/c1-5(4-10(13,14)15)16-8-2-6(11)7(12)3-9(8)17(18)19/h2-3,5,16H,4H2,1H3. The predicted octanol–water partition coefficient (Wildman–Crippen LogP) is 4.25. The van der Waals surface area contributed by atoms with Gasteiger partial charge >= 0.3 is 6.18 Å². The summed E-state index contributed by atoms with van der Waals surface area (Å²) in [7, 11) is 0. The Bertz CT molecular complexity index is 493. The SMILES string of the molecule is CC(CC(F)(F)F)Nc1cc(Br)c(F)cc1[N+](=O)[O-]. The Labute approximate surface area is 114 Å². The molecular formula is C10H9BrF4N2O2. The molecule has 4 nitrogen and oxygen atoms in total. The van der Waals surface area contributed by atoms with Crippen LogP contribution in [0.15, 0.2) is 16.6 Å². The summed E-state index contributed by atoms with van der Waals surface area (Å²) in [5, 5.41) is 13.1. The third-order valence-corrected chi connectivity index (χ3v) is 2.78. The molecule has 19 heavy (non-hydrogen) atoms. The highest BCUT2D eigenvalue weighted by Gasteiger charge is 2.31. The number of nitrogens with one attached hydrogen (secondary N) is 1. The van der Waals surface area contributed by atoms with E-state index in [2.05, 4.69) is 21.2 Å². The van der Waals surface area contributed by atoms with Crippen molar-refractivity contribution in [2.24, 2.45) is 0 Å². The Hall–Kier alpha value is -1.38. The van der Waals surface area contributed by atoms with Gasteiger partial charge < -0.3 is 5.32 Å². The molecule has 0 amide bonds. The first kappa shape index (κ1) is 15.7. The van der Waals surface area contributed by atoms with E-state index in [1.54, 1.807) is 0 Å². The first-order chi connectivity index (χ1) is 8.60. The smallest absolute Gasteiger partial charge is 0.377 e. The maximum absolute atomic E-state index is 13.2. The monoisotopic (exact) mass is 344 g/mol. The van der Waals surface area contributed by atoms with Gasteiger partial charge in [-0.25, -0.2) is 4.39 Å². The van der Waals surface area contributed by atoms with Crippen LogP contribution in [0.3, 0.4) is 0 Å². The Balaban J connectivity index is 3.00. The van der Waals surface area contributed by atoms with Crippen molar-refractivity contribution in [3.63, 3.8) is 0 Å². The number of benzene rings is 1. The van der Waals surface area contributed by atoms with Gasteiger partial charge in [-0.15, -0.1) is 0 Å². The van der Waals surface area contributed by atoms with E-state index in [-0.39, 0.29) is 10.2 Å².